The molecule has 0 bridgehead atoms. The minimum Gasteiger partial charge on any atom is -0.315 e. The molecular formula is C18H22N4O. The Balaban J connectivity index is 1.44. The summed E-state index contributed by atoms with van der Waals surface area (Å²) in [6, 6.07) is 8.08. The third-order valence-electron chi connectivity index (χ3n) is 4.80. The number of anilines is 1. The van der Waals surface area contributed by atoms with Crippen molar-refractivity contribution in [1.82, 2.24) is 14.5 Å². The largest absolute Gasteiger partial charge is 0.315 e. The molecule has 120 valence electrons. The Morgan fingerprint density at radius 3 is 2.57 bits per heavy atom. The molecular weight excluding hydrogens is 288 g/mol. The number of hydrogen-bond acceptors (Lipinski definition) is 3. The summed E-state index contributed by atoms with van der Waals surface area (Å²) in [6.45, 7) is 4.91. The minimum absolute atomic E-state index is 0.0412. The van der Waals surface area contributed by atoms with Gasteiger partial charge in [0.2, 0.25) is 5.95 Å². The highest BCUT2D eigenvalue weighted by molar-refractivity contribution is 6.05. The summed E-state index contributed by atoms with van der Waals surface area (Å²) in [6.07, 6.45) is 7.63. The van der Waals surface area contributed by atoms with Gasteiger partial charge >= 0.3 is 0 Å². The lowest BCUT2D eigenvalue weighted by Gasteiger charge is -2.26. The van der Waals surface area contributed by atoms with Gasteiger partial charge < -0.3 is 4.57 Å². The number of nitrogens with zero attached hydrogens (tertiary/aromatic N) is 4. The molecule has 1 amide bonds. The van der Waals surface area contributed by atoms with Gasteiger partial charge in [0.1, 0.15) is 0 Å². The van der Waals surface area contributed by atoms with Crippen LogP contribution in [0.1, 0.15) is 35.2 Å². The maximum Gasteiger partial charge on any atom is 0.260 e. The average Bonchev–Trinajstić information content (AvgIpc) is 3.19. The van der Waals surface area contributed by atoms with Crippen LogP contribution < -0.4 is 4.90 Å². The quantitative estimate of drug-likeness (QED) is 0.875. The van der Waals surface area contributed by atoms with Crippen LogP contribution in [0.5, 0.6) is 0 Å². The molecule has 23 heavy (non-hydrogen) atoms. The molecule has 3 heterocycles. The normalized spacial score (nSPS) is 18.2. The van der Waals surface area contributed by atoms with E-state index in [0.29, 0.717) is 6.54 Å². The first kappa shape index (κ1) is 14.5. The van der Waals surface area contributed by atoms with Gasteiger partial charge in [-0.05, 0) is 43.6 Å². The molecule has 0 spiro atoms. The van der Waals surface area contributed by atoms with E-state index in [4.69, 9.17) is 0 Å². The van der Waals surface area contributed by atoms with E-state index in [1.165, 1.54) is 37.9 Å². The van der Waals surface area contributed by atoms with Gasteiger partial charge in [-0.2, -0.15) is 0 Å². The van der Waals surface area contributed by atoms with Crippen molar-refractivity contribution in [1.29, 1.82) is 0 Å². The number of aromatic nitrogens is 2. The number of piperidine rings is 1. The lowest BCUT2D eigenvalue weighted by Crippen LogP contribution is -2.30. The maximum atomic E-state index is 12.7. The highest BCUT2D eigenvalue weighted by Gasteiger charge is 2.26. The predicted octanol–water partition coefficient (Wildman–Crippen LogP) is 2.53. The van der Waals surface area contributed by atoms with Crippen LogP contribution in [0.15, 0.2) is 36.7 Å². The first-order valence-corrected chi connectivity index (χ1v) is 8.45. The van der Waals surface area contributed by atoms with Crippen LogP contribution in [0.2, 0.25) is 0 Å². The molecule has 0 saturated carbocycles. The maximum absolute atomic E-state index is 12.7. The van der Waals surface area contributed by atoms with Gasteiger partial charge in [0.25, 0.3) is 5.91 Å². The van der Waals surface area contributed by atoms with Crippen molar-refractivity contribution in [2.45, 2.75) is 32.4 Å². The molecule has 1 fully saturated rings. The summed E-state index contributed by atoms with van der Waals surface area (Å²) in [7, 11) is 0. The molecule has 0 aliphatic carbocycles. The number of imidazole rings is 1. The number of hydrogen-bond donors (Lipinski definition) is 0. The van der Waals surface area contributed by atoms with Crippen LogP contribution in [-0.4, -0.2) is 40.0 Å². The average molecular weight is 310 g/mol. The number of amides is 1. The lowest BCUT2D eigenvalue weighted by atomic mass is 10.1. The lowest BCUT2D eigenvalue weighted by molar-refractivity contribution is 0.0988. The van der Waals surface area contributed by atoms with Crippen molar-refractivity contribution in [3.63, 3.8) is 0 Å². The van der Waals surface area contributed by atoms with Gasteiger partial charge in [0.15, 0.2) is 0 Å². The molecule has 0 N–H and O–H groups in total. The van der Waals surface area contributed by atoms with Crippen LogP contribution >= 0.6 is 0 Å². The zero-order chi connectivity index (χ0) is 15.6. The molecule has 5 nitrogen and oxygen atoms in total. The van der Waals surface area contributed by atoms with Gasteiger partial charge in [-0.3, -0.25) is 14.6 Å². The number of carbonyl (C=O) groups is 1. The number of rotatable bonds is 3. The highest BCUT2D eigenvalue weighted by atomic mass is 16.2. The van der Waals surface area contributed by atoms with Crippen LogP contribution in [0.4, 0.5) is 5.95 Å². The van der Waals surface area contributed by atoms with Crippen LogP contribution in [0.25, 0.3) is 0 Å². The smallest absolute Gasteiger partial charge is 0.260 e. The number of likely N-dealkylation sites (tertiary alicyclic amines) is 1. The highest BCUT2D eigenvalue weighted by Crippen LogP contribution is 2.21. The Bertz CT molecular complexity index is 685. The van der Waals surface area contributed by atoms with E-state index in [1.54, 1.807) is 11.1 Å². The first-order chi connectivity index (χ1) is 11.3. The monoisotopic (exact) mass is 310 g/mol. The van der Waals surface area contributed by atoms with E-state index in [1.807, 2.05) is 22.9 Å². The van der Waals surface area contributed by atoms with Crippen molar-refractivity contribution in [2.24, 2.45) is 0 Å². The molecule has 1 aromatic heterocycles. The van der Waals surface area contributed by atoms with Crippen LogP contribution in [0, 0.1) is 0 Å². The molecule has 5 heteroatoms. The number of carbonyl (C=O) groups excluding carboxylic acids is 1. The van der Waals surface area contributed by atoms with E-state index in [-0.39, 0.29) is 5.91 Å². The summed E-state index contributed by atoms with van der Waals surface area (Å²) < 4.78 is 2.02. The molecule has 1 saturated heterocycles. The van der Waals surface area contributed by atoms with Gasteiger partial charge in [-0.15, -0.1) is 0 Å². The third kappa shape index (κ3) is 2.88. The van der Waals surface area contributed by atoms with Crippen molar-refractivity contribution in [3.8, 4) is 0 Å². The second-order valence-electron chi connectivity index (χ2n) is 6.41. The summed E-state index contributed by atoms with van der Waals surface area (Å²) in [4.78, 5) is 21.2. The Morgan fingerprint density at radius 2 is 1.78 bits per heavy atom. The van der Waals surface area contributed by atoms with Crippen LogP contribution in [-0.2, 0) is 13.1 Å². The molecule has 0 radical (unpaired) electrons. The van der Waals surface area contributed by atoms with Crippen molar-refractivity contribution in [3.05, 3.63) is 47.8 Å². The van der Waals surface area contributed by atoms with E-state index >= 15 is 0 Å². The zero-order valence-electron chi connectivity index (χ0n) is 13.3. The Morgan fingerprint density at radius 1 is 1.00 bits per heavy atom. The zero-order valence-corrected chi connectivity index (χ0v) is 13.3. The minimum atomic E-state index is 0.0412. The SMILES string of the molecule is O=C(c1ccc(CN2CCCCC2)cc1)N1CCn2ccnc21. The Labute approximate surface area is 136 Å². The molecule has 1 aromatic carbocycles. The Kier molecular flexibility index (Phi) is 3.87. The fourth-order valence-corrected chi connectivity index (χ4v) is 3.50. The van der Waals surface area contributed by atoms with Gasteiger partial charge in [-0.25, -0.2) is 4.98 Å². The summed E-state index contributed by atoms with van der Waals surface area (Å²) in [5.74, 6) is 0.798. The molecule has 0 atom stereocenters. The molecule has 2 aliphatic heterocycles. The van der Waals surface area contributed by atoms with E-state index in [0.717, 1.165) is 24.6 Å². The first-order valence-electron chi connectivity index (χ1n) is 8.45. The van der Waals surface area contributed by atoms with Crippen LogP contribution in [0.3, 0.4) is 0 Å². The second kappa shape index (κ2) is 6.16. The summed E-state index contributed by atoms with van der Waals surface area (Å²) in [5.41, 5.74) is 2.02. The van der Waals surface area contributed by atoms with Crippen molar-refractivity contribution < 1.29 is 4.79 Å². The summed E-state index contributed by atoms with van der Waals surface area (Å²) in [5, 5.41) is 0. The molecule has 0 unspecified atom stereocenters. The molecule has 2 aromatic rings. The number of benzene rings is 1. The predicted molar refractivity (Wildman–Crippen MR) is 89.5 cm³/mol. The summed E-state index contributed by atoms with van der Waals surface area (Å²) >= 11 is 0. The van der Waals surface area contributed by atoms with Crippen molar-refractivity contribution >= 4 is 11.9 Å². The fraction of sp³-hybridized carbons (Fsp3) is 0.444. The topological polar surface area (TPSA) is 41.4 Å². The standard InChI is InChI=1S/C18H22N4O/c23-17(22-13-12-21-11-8-19-18(21)22)16-6-4-15(5-7-16)14-20-9-2-1-3-10-20/h4-8,11H,1-3,9-10,12-14H2. The Hall–Kier alpha value is -2.14. The third-order valence-corrected chi connectivity index (χ3v) is 4.80. The van der Waals surface area contributed by atoms with Gasteiger partial charge in [0.05, 0.1) is 0 Å². The number of fused-ring (bicyclic) bond motifs is 1. The van der Waals surface area contributed by atoms with Gasteiger partial charge in [-0.1, -0.05) is 18.6 Å². The van der Waals surface area contributed by atoms with Crippen molar-refractivity contribution in [2.75, 3.05) is 24.5 Å². The van der Waals surface area contributed by atoms with Gasteiger partial charge in [0, 0.05) is 37.6 Å². The molecule has 4 rings (SSSR count). The second-order valence-corrected chi connectivity index (χ2v) is 6.41. The van der Waals surface area contributed by atoms with E-state index in [9.17, 15) is 4.79 Å². The van der Waals surface area contributed by atoms with E-state index in [2.05, 4.69) is 22.0 Å². The fourth-order valence-electron chi connectivity index (χ4n) is 3.50. The molecule has 2 aliphatic rings. The van der Waals surface area contributed by atoms with E-state index < -0.39 is 0 Å².